The van der Waals surface area contributed by atoms with Crippen molar-refractivity contribution in [3.8, 4) is 0 Å². The van der Waals surface area contributed by atoms with Crippen molar-refractivity contribution in [3.05, 3.63) is 0 Å². The second-order valence-electron chi connectivity index (χ2n) is 16.8. The highest BCUT2D eigenvalue weighted by atomic mass is 16.3. The van der Waals surface area contributed by atoms with Crippen LogP contribution in [0.4, 0.5) is 0 Å². The van der Waals surface area contributed by atoms with E-state index in [1.165, 1.54) is 64.8 Å². The van der Waals surface area contributed by atoms with E-state index in [0.29, 0.717) is 58.0 Å². The molecule has 0 bridgehead atoms. The van der Waals surface area contributed by atoms with E-state index >= 15 is 0 Å². The van der Waals surface area contributed by atoms with Gasteiger partial charge in [-0.15, -0.1) is 0 Å². The summed E-state index contributed by atoms with van der Waals surface area (Å²) in [6.45, 7) is 6.31. The van der Waals surface area contributed by atoms with Crippen LogP contribution in [0.25, 0.3) is 0 Å². The van der Waals surface area contributed by atoms with Crippen molar-refractivity contribution in [1.29, 1.82) is 5.41 Å². The largest absolute Gasteiger partial charge is 0.394 e. The average molecular weight is 882 g/mol. The van der Waals surface area contributed by atoms with Crippen LogP contribution in [0.1, 0.15) is 168 Å². The summed E-state index contributed by atoms with van der Waals surface area (Å²) in [5.74, 6) is -3.72. The second-order valence-corrected chi connectivity index (χ2v) is 16.8. The molecule has 0 aromatic carbocycles. The van der Waals surface area contributed by atoms with Crippen molar-refractivity contribution in [3.63, 3.8) is 0 Å². The fourth-order valence-electron chi connectivity index (χ4n) is 7.05. The summed E-state index contributed by atoms with van der Waals surface area (Å²) in [6.07, 6.45) is 19.3. The highest BCUT2D eigenvalue weighted by Gasteiger charge is 2.32. The number of aliphatic hydroxyl groups is 1. The number of nitrogens with two attached hydrogens (primary N) is 3. The molecule has 18 nitrogen and oxygen atoms in total. The third-order valence-corrected chi connectivity index (χ3v) is 10.7. The zero-order valence-electron chi connectivity index (χ0n) is 38.7. The molecule has 0 spiro atoms. The Morgan fingerprint density at radius 1 is 0.532 bits per heavy atom. The van der Waals surface area contributed by atoms with Gasteiger partial charge < -0.3 is 59.5 Å². The first-order chi connectivity index (χ1) is 29.7. The molecule has 360 valence electrons. The van der Waals surface area contributed by atoms with E-state index < -0.39 is 66.4 Å². The predicted molar refractivity (Wildman–Crippen MR) is 246 cm³/mol. The number of unbranched alkanes of at least 4 members (excludes halogenated alkanes) is 14. The first kappa shape index (κ1) is 58.0. The van der Waals surface area contributed by atoms with Gasteiger partial charge in [0.25, 0.3) is 0 Å². The van der Waals surface area contributed by atoms with Gasteiger partial charge >= 0.3 is 0 Å². The molecule has 0 saturated heterocycles. The Morgan fingerprint density at radius 2 is 0.935 bits per heavy atom. The third kappa shape index (κ3) is 29.3. The molecule has 15 N–H and O–H groups in total. The van der Waals surface area contributed by atoms with E-state index in [2.05, 4.69) is 44.1 Å². The Balaban J connectivity index is 5.75. The Morgan fingerprint density at radius 3 is 1.35 bits per heavy atom. The van der Waals surface area contributed by atoms with Gasteiger partial charge in [-0.2, -0.15) is 0 Å². The molecule has 0 aliphatic carbocycles. The van der Waals surface area contributed by atoms with Gasteiger partial charge in [0.1, 0.15) is 30.2 Å². The van der Waals surface area contributed by atoms with Crippen LogP contribution in [0.2, 0.25) is 0 Å². The van der Waals surface area contributed by atoms with Gasteiger partial charge in [0.05, 0.1) is 6.61 Å². The summed E-state index contributed by atoms with van der Waals surface area (Å²) in [4.78, 5) is 80.3. The van der Waals surface area contributed by atoms with Crippen LogP contribution in [0.3, 0.4) is 0 Å². The lowest BCUT2D eigenvalue weighted by atomic mass is 10.0. The number of amides is 6. The maximum Gasteiger partial charge on any atom is 0.244 e. The highest BCUT2D eigenvalue weighted by molar-refractivity contribution is 5.96. The van der Waals surface area contributed by atoms with Crippen molar-refractivity contribution in [2.24, 2.45) is 23.1 Å². The number of rotatable bonds is 39. The molecule has 0 radical (unpaired) electrons. The number of hydrogen-bond donors (Lipinski definition) is 12. The second kappa shape index (κ2) is 37.5. The number of aliphatic hydroxyl groups excluding tert-OH is 1. The third-order valence-electron chi connectivity index (χ3n) is 10.7. The van der Waals surface area contributed by atoms with Crippen molar-refractivity contribution in [2.75, 3.05) is 33.3 Å². The lowest BCUT2D eigenvalue weighted by Crippen LogP contribution is -2.59. The lowest BCUT2D eigenvalue weighted by molar-refractivity contribution is -0.135. The summed E-state index contributed by atoms with van der Waals surface area (Å²) in [6, 6.07) is -5.50. The van der Waals surface area contributed by atoms with Crippen LogP contribution in [0.15, 0.2) is 0 Å². The minimum atomic E-state index is -1.27. The molecular formula is C44H87N11O7. The van der Waals surface area contributed by atoms with Gasteiger partial charge in [-0.05, 0) is 83.2 Å². The molecule has 0 aliphatic rings. The monoisotopic (exact) mass is 882 g/mol. The quantitative estimate of drug-likeness (QED) is 0.0241. The SMILES string of the molecule is CCCCCCCCCCCCCCCC(=O)N[C@@H](CCCCN)C(=O)N[C@@H](CCCCN)C(=O)N[C@@H](CC(C)C)C(=O)N[C@@H](CCCNC(=N)N)C(=O)N[C@@H](CO)C(=O)NC. The smallest absolute Gasteiger partial charge is 0.244 e. The molecule has 62 heavy (non-hydrogen) atoms. The molecule has 0 rings (SSSR count). The summed E-state index contributed by atoms with van der Waals surface area (Å²) in [5.41, 5.74) is 16.9. The maximum absolute atomic E-state index is 14.0. The standard InChI is InChI=1S/C44H87N11O7/c1-5-6-7-8-9-10-11-12-13-14-15-16-17-26-38(57)51-33(23-18-20-27-45)40(59)52-34(24-19-21-28-46)41(60)54-36(30-32(2)3)43(62)53-35(25-22-29-50-44(47)48)42(61)55-37(31-56)39(58)49-4/h32-37,56H,5-31,45-46H2,1-4H3,(H,49,58)(H,51,57)(H,52,59)(H,53,62)(H,54,60)(H,55,61)(H4,47,48,50)/t33-,34-,35-,36-,37-/m0/s1. The normalized spacial score (nSPS) is 13.5. The van der Waals surface area contributed by atoms with Crippen LogP contribution in [0.5, 0.6) is 0 Å². The Kier molecular flexibility index (Phi) is 35.1. The molecule has 0 saturated carbocycles. The van der Waals surface area contributed by atoms with Crippen molar-refractivity contribution in [2.45, 2.75) is 199 Å². The molecule has 0 heterocycles. The molecule has 0 fully saturated rings. The van der Waals surface area contributed by atoms with E-state index in [1.807, 2.05) is 13.8 Å². The number of hydrogen-bond acceptors (Lipinski definition) is 10. The van der Waals surface area contributed by atoms with Crippen molar-refractivity contribution in [1.82, 2.24) is 37.2 Å². The zero-order chi connectivity index (χ0) is 46.5. The minimum Gasteiger partial charge on any atom is -0.394 e. The highest BCUT2D eigenvalue weighted by Crippen LogP contribution is 2.14. The minimum absolute atomic E-state index is 0.0699. The Bertz CT molecular complexity index is 1270. The molecule has 0 aliphatic heterocycles. The molecular weight excluding hydrogens is 795 g/mol. The summed E-state index contributed by atoms with van der Waals surface area (Å²) in [7, 11) is 1.36. The molecule has 6 amide bonds. The van der Waals surface area contributed by atoms with E-state index in [4.69, 9.17) is 22.6 Å². The molecule has 5 atom stereocenters. The summed E-state index contributed by atoms with van der Waals surface area (Å²) >= 11 is 0. The molecule has 0 aromatic rings. The van der Waals surface area contributed by atoms with Crippen molar-refractivity contribution < 1.29 is 33.9 Å². The van der Waals surface area contributed by atoms with Gasteiger partial charge in [0, 0.05) is 20.0 Å². The maximum atomic E-state index is 14.0. The van der Waals surface area contributed by atoms with Crippen LogP contribution in [-0.4, -0.2) is 110 Å². The molecule has 0 aromatic heterocycles. The van der Waals surface area contributed by atoms with E-state index in [0.717, 1.165) is 25.7 Å². The van der Waals surface area contributed by atoms with Crippen LogP contribution >= 0.6 is 0 Å². The van der Waals surface area contributed by atoms with Gasteiger partial charge in [0.2, 0.25) is 35.4 Å². The van der Waals surface area contributed by atoms with E-state index in [-0.39, 0.29) is 43.6 Å². The number of nitrogens with one attached hydrogen (secondary N) is 8. The van der Waals surface area contributed by atoms with Crippen molar-refractivity contribution >= 4 is 41.4 Å². The van der Waals surface area contributed by atoms with Gasteiger partial charge in [-0.3, -0.25) is 34.2 Å². The summed E-state index contributed by atoms with van der Waals surface area (Å²) < 4.78 is 0. The Labute approximate surface area is 372 Å². The number of likely N-dealkylation sites (N-methyl/N-ethyl adjacent to an activating group) is 1. The number of carbonyl (C=O) groups excluding carboxylic acids is 6. The zero-order valence-corrected chi connectivity index (χ0v) is 38.7. The molecule has 0 unspecified atom stereocenters. The topological polar surface area (TPSA) is 309 Å². The van der Waals surface area contributed by atoms with E-state index in [9.17, 15) is 33.9 Å². The van der Waals surface area contributed by atoms with Crippen LogP contribution in [-0.2, 0) is 28.8 Å². The summed E-state index contributed by atoms with van der Waals surface area (Å²) in [5, 5.41) is 35.8. The average Bonchev–Trinajstić information content (AvgIpc) is 3.23. The van der Waals surface area contributed by atoms with E-state index in [1.54, 1.807) is 0 Å². The fourth-order valence-corrected chi connectivity index (χ4v) is 7.05. The predicted octanol–water partition coefficient (Wildman–Crippen LogP) is 2.20. The van der Waals surface area contributed by atoms with Crippen LogP contribution < -0.4 is 54.4 Å². The van der Waals surface area contributed by atoms with Crippen LogP contribution in [0, 0.1) is 11.3 Å². The number of guanidine groups is 1. The van der Waals surface area contributed by atoms with Gasteiger partial charge in [0.15, 0.2) is 5.96 Å². The number of carbonyl (C=O) groups is 6. The lowest BCUT2D eigenvalue weighted by Gasteiger charge is -2.28. The first-order valence-corrected chi connectivity index (χ1v) is 23.6. The van der Waals surface area contributed by atoms with Gasteiger partial charge in [-0.25, -0.2) is 0 Å². The van der Waals surface area contributed by atoms with Gasteiger partial charge in [-0.1, -0.05) is 97.8 Å². The molecule has 18 heteroatoms. The fraction of sp³-hybridized carbons (Fsp3) is 0.841. The first-order valence-electron chi connectivity index (χ1n) is 23.6. The Hall–Kier alpha value is -4.03.